The number of rotatable bonds is 6. The summed E-state index contributed by atoms with van der Waals surface area (Å²) in [6, 6.07) is 5.45. The molecule has 1 aromatic carbocycles. The van der Waals surface area contributed by atoms with Crippen LogP contribution in [0.25, 0.3) is 0 Å². The van der Waals surface area contributed by atoms with E-state index in [-0.39, 0.29) is 6.61 Å². The summed E-state index contributed by atoms with van der Waals surface area (Å²) < 4.78 is 4.74. The van der Waals surface area contributed by atoms with Crippen LogP contribution in [0.15, 0.2) is 30.3 Å². The summed E-state index contributed by atoms with van der Waals surface area (Å²) in [4.78, 5) is 34.4. The fourth-order valence-electron chi connectivity index (χ4n) is 1.63. The second kappa shape index (κ2) is 7.88. The van der Waals surface area contributed by atoms with Crippen molar-refractivity contribution in [3.63, 3.8) is 0 Å². The van der Waals surface area contributed by atoms with E-state index in [1.807, 2.05) is 0 Å². The number of esters is 1. The van der Waals surface area contributed by atoms with Gasteiger partial charge < -0.3 is 20.5 Å². The molecular weight excluding hydrogens is 276 g/mol. The van der Waals surface area contributed by atoms with Crippen molar-refractivity contribution in [2.24, 2.45) is 0 Å². The molecule has 1 rings (SSSR count). The van der Waals surface area contributed by atoms with Crippen molar-refractivity contribution in [1.82, 2.24) is 10.6 Å². The number of carbonyl (C=O) groups excluding carboxylic acids is 2. The van der Waals surface area contributed by atoms with E-state index in [2.05, 4.69) is 10.6 Å². The number of urea groups is 1. The number of carboxylic acid groups (broad SMARTS) is 1. The minimum absolute atomic E-state index is 0.203. The lowest BCUT2D eigenvalue weighted by Gasteiger charge is -2.17. The molecule has 0 spiro atoms. The molecule has 21 heavy (non-hydrogen) atoms. The lowest BCUT2D eigenvalue weighted by molar-refractivity contribution is -0.144. The molecule has 2 atom stereocenters. The first kappa shape index (κ1) is 16.5. The van der Waals surface area contributed by atoms with Gasteiger partial charge in [0, 0.05) is 0 Å². The van der Waals surface area contributed by atoms with Crippen LogP contribution in [0.1, 0.15) is 25.5 Å². The Morgan fingerprint density at radius 2 is 1.81 bits per heavy atom. The smallest absolute Gasteiger partial charge is 0.330 e. The summed E-state index contributed by atoms with van der Waals surface area (Å²) in [6.07, 6.45) is 0. The third kappa shape index (κ3) is 5.13. The van der Waals surface area contributed by atoms with E-state index in [1.54, 1.807) is 37.3 Å². The Hall–Kier alpha value is -2.57. The predicted octanol–water partition coefficient (Wildman–Crippen LogP) is 1.06. The first-order chi connectivity index (χ1) is 9.95. The van der Waals surface area contributed by atoms with Gasteiger partial charge in [-0.25, -0.2) is 14.4 Å². The zero-order chi connectivity index (χ0) is 15.8. The van der Waals surface area contributed by atoms with Gasteiger partial charge in [-0.15, -0.1) is 0 Å². The van der Waals surface area contributed by atoms with Gasteiger partial charge in [0.1, 0.15) is 6.04 Å². The Balaban J connectivity index is 2.66. The minimum Gasteiger partial charge on any atom is -0.479 e. The number of hydrogen-bond acceptors (Lipinski definition) is 4. The number of carbonyl (C=O) groups is 3. The third-order valence-electron chi connectivity index (χ3n) is 2.64. The minimum atomic E-state index is -1.19. The second-order valence-corrected chi connectivity index (χ2v) is 4.27. The van der Waals surface area contributed by atoms with Crippen molar-refractivity contribution in [1.29, 1.82) is 0 Å². The summed E-state index contributed by atoms with van der Waals surface area (Å²) in [6.45, 7) is 3.31. The fourth-order valence-corrected chi connectivity index (χ4v) is 1.63. The average molecular weight is 294 g/mol. The Morgan fingerprint density at radius 1 is 1.19 bits per heavy atom. The second-order valence-electron chi connectivity index (χ2n) is 4.27. The molecule has 3 N–H and O–H groups in total. The van der Waals surface area contributed by atoms with Crippen LogP contribution in [0, 0.1) is 0 Å². The molecule has 114 valence electrons. The SMILES string of the molecule is CCOC(=O)C(C)NC(=O)N[C@H](C(=O)O)c1ccccc1. The molecule has 0 saturated carbocycles. The molecule has 0 bridgehead atoms. The van der Waals surface area contributed by atoms with Crippen molar-refractivity contribution in [2.75, 3.05) is 6.61 Å². The number of carboxylic acids is 1. The summed E-state index contributed by atoms with van der Waals surface area (Å²) >= 11 is 0. The quantitative estimate of drug-likeness (QED) is 0.680. The molecule has 7 nitrogen and oxygen atoms in total. The number of ether oxygens (including phenoxy) is 1. The molecule has 2 amide bonds. The number of nitrogens with one attached hydrogen (secondary N) is 2. The highest BCUT2D eigenvalue weighted by atomic mass is 16.5. The molecule has 0 heterocycles. The summed E-state index contributed by atoms with van der Waals surface area (Å²) in [5.74, 6) is -1.78. The predicted molar refractivity (Wildman–Crippen MR) is 74.6 cm³/mol. The van der Waals surface area contributed by atoms with Crippen LogP contribution in [0.3, 0.4) is 0 Å². The normalized spacial score (nSPS) is 12.9. The molecule has 1 aromatic rings. The molecule has 0 aliphatic rings. The first-order valence-corrected chi connectivity index (χ1v) is 6.47. The van der Waals surface area contributed by atoms with Gasteiger partial charge in [-0.2, -0.15) is 0 Å². The highest BCUT2D eigenvalue weighted by Gasteiger charge is 2.24. The standard InChI is InChI=1S/C14H18N2O5/c1-3-21-13(19)9(2)15-14(20)16-11(12(17)18)10-7-5-4-6-8-10/h4-9,11H,3H2,1-2H3,(H,17,18)(H2,15,16,20)/t9?,11-/m0/s1. The number of amides is 2. The number of aliphatic carboxylic acids is 1. The van der Waals surface area contributed by atoms with Gasteiger partial charge in [0.05, 0.1) is 6.61 Å². The first-order valence-electron chi connectivity index (χ1n) is 6.47. The Bertz CT molecular complexity index is 503. The van der Waals surface area contributed by atoms with E-state index in [4.69, 9.17) is 9.84 Å². The molecule has 0 radical (unpaired) electrons. The van der Waals surface area contributed by atoms with Gasteiger partial charge >= 0.3 is 18.0 Å². The highest BCUT2D eigenvalue weighted by Crippen LogP contribution is 2.12. The van der Waals surface area contributed by atoms with Crippen LogP contribution in [0.5, 0.6) is 0 Å². The van der Waals surface area contributed by atoms with Gasteiger partial charge in [-0.05, 0) is 19.4 Å². The van der Waals surface area contributed by atoms with E-state index < -0.39 is 30.1 Å². The van der Waals surface area contributed by atoms with Gasteiger partial charge in [-0.1, -0.05) is 30.3 Å². The molecule has 0 fully saturated rings. The zero-order valence-corrected chi connectivity index (χ0v) is 11.8. The van der Waals surface area contributed by atoms with Gasteiger partial charge in [0.2, 0.25) is 0 Å². The van der Waals surface area contributed by atoms with E-state index >= 15 is 0 Å². The number of benzene rings is 1. The third-order valence-corrected chi connectivity index (χ3v) is 2.64. The molecule has 1 unspecified atom stereocenters. The van der Waals surface area contributed by atoms with Gasteiger partial charge in [-0.3, -0.25) is 0 Å². The zero-order valence-electron chi connectivity index (χ0n) is 11.8. The van der Waals surface area contributed by atoms with Crippen LogP contribution in [-0.2, 0) is 14.3 Å². The molecule has 0 aromatic heterocycles. The van der Waals surface area contributed by atoms with Crippen molar-refractivity contribution >= 4 is 18.0 Å². The van der Waals surface area contributed by atoms with Gasteiger partial charge in [0.15, 0.2) is 6.04 Å². The van der Waals surface area contributed by atoms with E-state index in [0.717, 1.165) is 0 Å². The van der Waals surface area contributed by atoms with Crippen LogP contribution in [0.4, 0.5) is 4.79 Å². The van der Waals surface area contributed by atoms with Crippen LogP contribution >= 0.6 is 0 Å². The summed E-state index contributed by atoms with van der Waals surface area (Å²) in [5, 5.41) is 13.8. The summed E-state index contributed by atoms with van der Waals surface area (Å²) in [5.41, 5.74) is 0.434. The maximum absolute atomic E-state index is 11.8. The Morgan fingerprint density at radius 3 is 2.33 bits per heavy atom. The summed E-state index contributed by atoms with van der Waals surface area (Å²) in [7, 11) is 0. The topological polar surface area (TPSA) is 105 Å². The lowest BCUT2D eigenvalue weighted by Crippen LogP contribution is -2.47. The van der Waals surface area contributed by atoms with Crippen molar-refractivity contribution < 1.29 is 24.2 Å². The molecular formula is C14H18N2O5. The van der Waals surface area contributed by atoms with Crippen LogP contribution in [0.2, 0.25) is 0 Å². The fraction of sp³-hybridized carbons (Fsp3) is 0.357. The lowest BCUT2D eigenvalue weighted by atomic mass is 10.1. The Kier molecular flexibility index (Phi) is 6.19. The molecule has 0 saturated heterocycles. The molecule has 0 aliphatic heterocycles. The largest absolute Gasteiger partial charge is 0.479 e. The Labute approximate surface area is 122 Å². The maximum Gasteiger partial charge on any atom is 0.330 e. The number of hydrogen-bond donors (Lipinski definition) is 3. The molecule has 7 heteroatoms. The average Bonchev–Trinajstić information content (AvgIpc) is 2.45. The van der Waals surface area contributed by atoms with E-state index in [1.165, 1.54) is 6.92 Å². The van der Waals surface area contributed by atoms with Gasteiger partial charge in [0.25, 0.3) is 0 Å². The van der Waals surface area contributed by atoms with E-state index in [9.17, 15) is 14.4 Å². The van der Waals surface area contributed by atoms with Crippen molar-refractivity contribution in [2.45, 2.75) is 25.9 Å². The van der Waals surface area contributed by atoms with E-state index in [0.29, 0.717) is 5.56 Å². The van der Waals surface area contributed by atoms with Crippen molar-refractivity contribution in [3.05, 3.63) is 35.9 Å². The highest BCUT2D eigenvalue weighted by molar-refractivity contribution is 5.86. The maximum atomic E-state index is 11.8. The van der Waals surface area contributed by atoms with Crippen molar-refractivity contribution in [3.8, 4) is 0 Å². The molecule has 0 aliphatic carbocycles. The van der Waals surface area contributed by atoms with Crippen LogP contribution < -0.4 is 10.6 Å². The monoisotopic (exact) mass is 294 g/mol. The van der Waals surface area contributed by atoms with Crippen LogP contribution in [-0.4, -0.2) is 35.7 Å².